The van der Waals surface area contributed by atoms with Gasteiger partial charge in [0.05, 0.1) is 13.0 Å². The van der Waals surface area contributed by atoms with Crippen molar-refractivity contribution in [3.63, 3.8) is 0 Å². The smallest absolute Gasteiger partial charge is 0.211 e. The standard InChI is InChI=1S/C16H21NO4/c1-21-13-9-7-12(8-10-13)15(11-17(19)20)14-5-3-2-4-6-16(14)18/h7-10,14-15H,2-6,11H2,1H3/t14-,15-/m1/s1. The summed E-state index contributed by atoms with van der Waals surface area (Å²) in [5, 5.41) is 11.0. The number of hydrogen-bond acceptors (Lipinski definition) is 4. The van der Waals surface area contributed by atoms with Gasteiger partial charge in [-0.05, 0) is 30.5 Å². The van der Waals surface area contributed by atoms with Crippen LogP contribution in [0.2, 0.25) is 0 Å². The molecule has 0 radical (unpaired) electrons. The molecule has 2 atom stereocenters. The van der Waals surface area contributed by atoms with Crippen LogP contribution in [-0.2, 0) is 4.79 Å². The molecule has 1 fully saturated rings. The monoisotopic (exact) mass is 291 g/mol. The van der Waals surface area contributed by atoms with Crippen LogP contribution >= 0.6 is 0 Å². The minimum absolute atomic E-state index is 0.176. The van der Waals surface area contributed by atoms with Gasteiger partial charge in [-0.3, -0.25) is 14.9 Å². The van der Waals surface area contributed by atoms with Crippen molar-refractivity contribution >= 4 is 5.78 Å². The molecule has 0 saturated heterocycles. The first-order valence-electron chi connectivity index (χ1n) is 7.40. The zero-order valence-corrected chi connectivity index (χ0v) is 12.3. The number of ketones is 1. The average Bonchev–Trinajstić information content (AvgIpc) is 2.69. The molecule has 21 heavy (non-hydrogen) atoms. The number of carbonyl (C=O) groups excluding carboxylic acids is 1. The number of benzene rings is 1. The highest BCUT2D eigenvalue weighted by Crippen LogP contribution is 2.34. The second kappa shape index (κ2) is 7.20. The first-order valence-corrected chi connectivity index (χ1v) is 7.40. The number of carbonyl (C=O) groups is 1. The van der Waals surface area contributed by atoms with Crippen molar-refractivity contribution in [1.82, 2.24) is 0 Å². The minimum atomic E-state index is -0.337. The Balaban J connectivity index is 2.27. The Morgan fingerprint density at radius 1 is 1.29 bits per heavy atom. The van der Waals surface area contributed by atoms with Gasteiger partial charge >= 0.3 is 0 Å². The molecule has 5 nitrogen and oxygen atoms in total. The van der Waals surface area contributed by atoms with Gasteiger partial charge in [0, 0.05) is 17.3 Å². The average molecular weight is 291 g/mol. The number of nitrogens with zero attached hydrogens (tertiary/aromatic N) is 1. The van der Waals surface area contributed by atoms with Crippen LogP contribution in [0.5, 0.6) is 5.75 Å². The molecule has 0 unspecified atom stereocenters. The third-order valence-electron chi connectivity index (χ3n) is 4.23. The summed E-state index contributed by atoms with van der Waals surface area (Å²) in [5.41, 5.74) is 0.854. The summed E-state index contributed by atoms with van der Waals surface area (Å²) in [6.07, 6.45) is 4.22. The molecule has 1 aliphatic rings. The number of hydrogen-bond donors (Lipinski definition) is 0. The van der Waals surface area contributed by atoms with Crippen LogP contribution in [-0.4, -0.2) is 24.4 Å². The van der Waals surface area contributed by atoms with E-state index in [1.807, 2.05) is 12.1 Å². The fraction of sp³-hybridized carbons (Fsp3) is 0.562. The van der Waals surface area contributed by atoms with Crippen molar-refractivity contribution in [3.05, 3.63) is 39.9 Å². The van der Waals surface area contributed by atoms with E-state index in [1.54, 1.807) is 19.2 Å². The molecule has 5 heteroatoms. The molecule has 0 aromatic heterocycles. The number of methoxy groups -OCH3 is 1. The fourth-order valence-corrected chi connectivity index (χ4v) is 3.09. The highest BCUT2D eigenvalue weighted by atomic mass is 16.6. The summed E-state index contributed by atoms with van der Waals surface area (Å²) in [7, 11) is 1.58. The van der Waals surface area contributed by atoms with Crippen LogP contribution in [0, 0.1) is 16.0 Å². The predicted molar refractivity (Wildman–Crippen MR) is 79.2 cm³/mol. The summed E-state index contributed by atoms with van der Waals surface area (Å²) in [6, 6.07) is 7.27. The number of rotatable bonds is 5. The Labute approximate surface area is 124 Å². The number of ether oxygens (including phenoxy) is 1. The van der Waals surface area contributed by atoms with Crippen molar-refractivity contribution in [3.8, 4) is 5.75 Å². The van der Waals surface area contributed by atoms with Gasteiger partial charge in [-0.25, -0.2) is 0 Å². The fourth-order valence-electron chi connectivity index (χ4n) is 3.09. The Bertz CT molecular complexity index is 498. The van der Waals surface area contributed by atoms with E-state index in [-0.39, 0.29) is 29.1 Å². The van der Waals surface area contributed by atoms with Crippen LogP contribution < -0.4 is 4.74 Å². The van der Waals surface area contributed by atoms with E-state index in [0.29, 0.717) is 12.2 Å². The van der Waals surface area contributed by atoms with E-state index >= 15 is 0 Å². The molecule has 1 aromatic carbocycles. The zero-order valence-electron chi connectivity index (χ0n) is 12.3. The van der Waals surface area contributed by atoms with Crippen LogP contribution in [0.3, 0.4) is 0 Å². The van der Waals surface area contributed by atoms with E-state index in [4.69, 9.17) is 4.74 Å². The van der Waals surface area contributed by atoms with Gasteiger partial charge in [-0.1, -0.05) is 25.0 Å². The van der Waals surface area contributed by atoms with Gasteiger partial charge in [-0.15, -0.1) is 0 Å². The van der Waals surface area contributed by atoms with Crippen molar-refractivity contribution in [2.24, 2.45) is 5.92 Å². The van der Waals surface area contributed by atoms with Crippen molar-refractivity contribution in [2.75, 3.05) is 13.7 Å². The van der Waals surface area contributed by atoms with Gasteiger partial charge in [0.2, 0.25) is 6.54 Å². The largest absolute Gasteiger partial charge is 0.497 e. The predicted octanol–water partition coefficient (Wildman–Crippen LogP) is 3.20. The maximum absolute atomic E-state index is 12.3. The summed E-state index contributed by atoms with van der Waals surface area (Å²) in [5.74, 6) is 0.323. The van der Waals surface area contributed by atoms with Crippen molar-refractivity contribution in [1.29, 1.82) is 0 Å². The van der Waals surface area contributed by atoms with Crippen molar-refractivity contribution < 1.29 is 14.5 Å². The summed E-state index contributed by atoms with van der Waals surface area (Å²) in [4.78, 5) is 23.0. The second-order valence-electron chi connectivity index (χ2n) is 5.57. The zero-order chi connectivity index (χ0) is 15.2. The van der Waals surface area contributed by atoms with Crippen LogP contribution in [0.4, 0.5) is 0 Å². The Morgan fingerprint density at radius 3 is 2.62 bits per heavy atom. The number of nitro groups is 1. The molecule has 1 saturated carbocycles. The molecule has 0 heterocycles. The first kappa shape index (κ1) is 15.5. The van der Waals surface area contributed by atoms with Gasteiger partial charge < -0.3 is 4.74 Å². The molecule has 1 aromatic rings. The topological polar surface area (TPSA) is 69.4 Å². The Morgan fingerprint density at radius 2 is 2.00 bits per heavy atom. The third-order valence-corrected chi connectivity index (χ3v) is 4.23. The molecule has 0 N–H and O–H groups in total. The molecular weight excluding hydrogens is 270 g/mol. The van der Waals surface area contributed by atoms with E-state index in [0.717, 1.165) is 31.2 Å². The van der Waals surface area contributed by atoms with E-state index in [9.17, 15) is 14.9 Å². The minimum Gasteiger partial charge on any atom is -0.497 e. The maximum atomic E-state index is 12.3. The summed E-state index contributed by atoms with van der Waals surface area (Å²) in [6.45, 7) is -0.192. The van der Waals surface area contributed by atoms with Gasteiger partial charge in [0.1, 0.15) is 11.5 Å². The van der Waals surface area contributed by atoms with Crippen LogP contribution in [0.25, 0.3) is 0 Å². The molecule has 2 rings (SSSR count). The summed E-state index contributed by atoms with van der Waals surface area (Å²) < 4.78 is 5.12. The number of Topliss-reactive ketones (excluding diaryl/α,β-unsaturated/α-hetero) is 1. The molecule has 0 spiro atoms. The normalized spacial score (nSPS) is 20.6. The van der Waals surface area contributed by atoms with Crippen LogP contribution in [0.1, 0.15) is 43.6 Å². The Kier molecular flexibility index (Phi) is 5.31. The van der Waals surface area contributed by atoms with Gasteiger partial charge in [-0.2, -0.15) is 0 Å². The SMILES string of the molecule is COc1ccc([C@@H](C[N+](=O)[O-])[C@H]2CCCCCC2=O)cc1. The molecule has 1 aliphatic carbocycles. The third kappa shape index (κ3) is 4.03. The maximum Gasteiger partial charge on any atom is 0.211 e. The van der Waals surface area contributed by atoms with E-state index in [2.05, 4.69) is 0 Å². The molecule has 114 valence electrons. The molecule has 0 amide bonds. The molecule has 0 bridgehead atoms. The van der Waals surface area contributed by atoms with Gasteiger partial charge in [0.15, 0.2) is 0 Å². The van der Waals surface area contributed by atoms with E-state index < -0.39 is 0 Å². The molecule has 0 aliphatic heterocycles. The lowest BCUT2D eigenvalue weighted by Crippen LogP contribution is -2.27. The Hall–Kier alpha value is -1.91. The highest BCUT2D eigenvalue weighted by molar-refractivity contribution is 5.82. The van der Waals surface area contributed by atoms with Crippen molar-refractivity contribution in [2.45, 2.75) is 38.0 Å². The quantitative estimate of drug-likeness (QED) is 0.474. The lowest BCUT2D eigenvalue weighted by atomic mass is 9.80. The highest BCUT2D eigenvalue weighted by Gasteiger charge is 2.33. The van der Waals surface area contributed by atoms with Crippen LogP contribution in [0.15, 0.2) is 24.3 Å². The summed E-state index contributed by atoms with van der Waals surface area (Å²) >= 11 is 0. The van der Waals surface area contributed by atoms with E-state index in [1.165, 1.54) is 0 Å². The first-order chi connectivity index (χ1) is 10.1. The van der Waals surface area contributed by atoms with Gasteiger partial charge in [0.25, 0.3) is 0 Å². The second-order valence-corrected chi connectivity index (χ2v) is 5.57. The lowest BCUT2D eigenvalue weighted by Gasteiger charge is -2.22. The lowest BCUT2D eigenvalue weighted by molar-refractivity contribution is -0.484. The molecular formula is C16H21NO4.